The predicted molar refractivity (Wildman–Crippen MR) is 104 cm³/mol. The highest BCUT2D eigenvalue weighted by atomic mass is 32.2. The first-order valence-corrected chi connectivity index (χ1v) is 9.70. The summed E-state index contributed by atoms with van der Waals surface area (Å²) in [5, 5.41) is 3.19. The van der Waals surface area contributed by atoms with E-state index in [0.29, 0.717) is 24.8 Å². The molecule has 0 aliphatic carbocycles. The topological polar surface area (TPSA) is 53.9 Å². The van der Waals surface area contributed by atoms with E-state index < -0.39 is 17.4 Å². The largest absolute Gasteiger partial charge is 0.435 e. The monoisotopic (exact) mass is 395 g/mol. The van der Waals surface area contributed by atoms with Crippen molar-refractivity contribution in [1.82, 2.24) is 10.2 Å². The fourth-order valence-electron chi connectivity index (χ4n) is 2.46. The van der Waals surface area contributed by atoms with Crippen molar-refractivity contribution >= 4 is 16.8 Å². The second kappa shape index (κ2) is 10.6. The van der Waals surface area contributed by atoms with Crippen molar-refractivity contribution in [3.8, 4) is 5.75 Å². The van der Waals surface area contributed by atoms with Crippen molar-refractivity contribution in [2.75, 3.05) is 26.4 Å². The number of nitrogens with one attached hydrogen (secondary N) is 1. The Hall–Kier alpha value is -2.48. The summed E-state index contributed by atoms with van der Waals surface area (Å²) in [6, 6.07) is 15.8. The van der Waals surface area contributed by atoms with Crippen LogP contribution in [0, 0.1) is 0 Å². The molecule has 146 valence electrons. The van der Waals surface area contributed by atoms with E-state index in [1.54, 1.807) is 19.2 Å². The number of ether oxygens (including phenoxy) is 1. The number of hydrogen-bond donors (Lipinski definition) is 1. The second-order valence-corrected chi connectivity index (χ2v) is 7.29. The number of nitrogens with zero attached hydrogens (tertiary/aromatic N) is 2. The van der Waals surface area contributed by atoms with Crippen LogP contribution in [0.25, 0.3) is 0 Å². The van der Waals surface area contributed by atoms with E-state index in [1.165, 1.54) is 12.1 Å². The van der Waals surface area contributed by atoms with E-state index in [2.05, 4.69) is 15.0 Å². The third-order valence-corrected chi connectivity index (χ3v) is 5.09. The summed E-state index contributed by atoms with van der Waals surface area (Å²) >= 11 is 0. The van der Waals surface area contributed by atoms with Gasteiger partial charge in [0.15, 0.2) is 5.96 Å². The van der Waals surface area contributed by atoms with Crippen molar-refractivity contribution in [2.24, 2.45) is 4.99 Å². The van der Waals surface area contributed by atoms with Crippen LogP contribution in [0.15, 0.2) is 64.5 Å². The first kappa shape index (κ1) is 20.8. The molecule has 1 N–H and O–H groups in total. The molecule has 0 aliphatic rings. The summed E-state index contributed by atoms with van der Waals surface area (Å²) in [5.74, 6) is 1.26. The van der Waals surface area contributed by atoms with Crippen LogP contribution in [0.2, 0.25) is 0 Å². The summed E-state index contributed by atoms with van der Waals surface area (Å²) in [6.45, 7) is -1.78. The third kappa shape index (κ3) is 6.97. The lowest BCUT2D eigenvalue weighted by Crippen LogP contribution is -2.40. The minimum atomic E-state index is -2.83. The van der Waals surface area contributed by atoms with Gasteiger partial charge >= 0.3 is 6.61 Å². The van der Waals surface area contributed by atoms with Gasteiger partial charge in [-0.3, -0.25) is 9.20 Å². The van der Waals surface area contributed by atoms with Crippen molar-refractivity contribution in [3.05, 3.63) is 60.2 Å². The van der Waals surface area contributed by atoms with Crippen LogP contribution in [0.4, 0.5) is 8.78 Å². The first-order valence-electron chi connectivity index (χ1n) is 8.38. The summed E-state index contributed by atoms with van der Waals surface area (Å²) in [4.78, 5) is 6.92. The molecule has 0 heterocycles. The molecule has 0 radical (unpaired) electrons. The SMILES string of the molecule is CN=C(NCCS(=O)c1ccccc1)N(C)Cc1ccc(OC(F)F)cc1. The molecule has 2 aromatic carbocycles. The van der Waals surface area contributed by atoms with Gasteiger partial charge < -0.3 is 15.0 Å². The standard InChI is InChI=1S/C19H23F2N3O2S/c1-22-19(23-12-13-27(25)17-6-4-3-5-7-17)24(2)14-15-8-10-16(11-9-15)26-18(20)21/h3-11,18H,12-14H2,1-2H3,(H,22,23). The van der Waals surface area contributed by atoms with Gasteiger partial charge in [-0.25, -0.2) is 0 Å². The quantitative estimate of drug-likeness (QED) is 0.551. The Morgan fingerprint density at radius 3 is 2.44 bits per heavy atom. The van der Waals surface area contributed by atoms with Crippen molar-refractivity contribution in [2.45, 2.75) is 18.1 Å². The van der Waals surface area contributed by atoms with Gasteiger partial charge in [0.2, 0.25) is 0 Å². The Kier molecular flexibility index (Phi) is 8.19. The molecule has 0 fully saturated rings. The molecule has 0 saturated carbocycles. The fourth-order valence-corrected chi connectivity index (χ4v) is 3.44. The minimum absolute atomic E-state index is 0.127. The molecule has 27 heavy (non-hydrogen) atoms. The summed E-state index contributed by atoms with van der Waals surface area (Å²) in [5.41, 5.74) is 0.926. The van der Waals surface area contributed by atoms with E-state index in [0.717, 1.165) is 10.5 Å². The van der Waals surface area contributed by atoms with Gasteiger partial charge in [-0.15, -0.1) is 0 Å². The van der Waals surface area contributed by atoms with Crippen molar-refractivity contribution in [1.29, 1.82) is 0 Å². The Morgan fingerprint density at radius 2 is 1.85 bits per heavy atom. The van der Waals surface area contributed by atoms with Crippen LogP contribution in [-0.4, -0.2) is 48.1 Å². The van der Waals surface area contributed by atoms with Crippen LogP contribution in [-0.2, 0) is 17.3 Å². The normalized spacial score (nSPS) is 12.7. The van der Waals surface area contributed by atoms with Crippen LogP contribution >= 0.6 is 0 Å². The fraction of sp³-hybridized carbons (Fsp3) is 0.316. The summed E-state index contributed by atoms with van der Waals surface area (Å²) in [7, 11) is 2.47. The molecule has 8 heteroatoms. The number of benzene rings is 2. The van der Waals surface area contributed by atoms with E-state index >= 15 is 0 Å². The maximum atomic E-state index is 12.2. The summed E-state index contributed by atoms with van der Waals surface area (Å²) < 4.78 is 41.0. The van der Waals surface area contributed by atoms with Crippen molar-refractivity contribution < 1.29 is 17.7 Å². The van der Waals surface area contributed by atoms with Gasteiger partial charge in [-0.05, 0) is 29.8 Å². The second-order valence-electron chi connectivity index (χ2n) is 5.72. The zero-order valence-corrected chi connectivity index (χ0v) is 16.1. The Balaban J connectivity index is 1.83. The lowest BCUT2D eigenvalue weighted by Gasteiger charge is -2.22. The Bertz CT molecular complexity index is 755. The molecule has 0 spiro atoms. The Morgan fingerprint density at radius 1 is 1.19 bits per heavy atom. The zero-order chi connectivity index (χ0) is 19.6. The van der Waals surface area contributed by atoms with Gasteiger partial charge in [0, 0.05) is 37.8 Å². The average Bonchev–Trinajstić information content (AvgIpc) is 2.67. The van der Waals surface area contributed by atoms with Crippen LogP contribution < -0.4 is 10.1 Å². The van der Waals surface area contributed by atoms with Crippen LogP contribution in [0.5, 0.6) is 5.75 Å². The molecular formula is C19H23F2N3O2S. The van der Waals surface area contributed by atoms with Gasteiger partial charge in [-0.1, -0.05) is 30.3 Å². The molecule has 0 aliphatic heterocycles. The molecule has 2 aromatic rings. The predicted octanol–water partition coefficient (Wildman–Crippen LogP) is 3.10. The average molecular weight is 395 g/mol. The number of guanidine groups is 1. The highest BCUT2D eigenvalue weighted by molar-refractivity contribution is 7.85. The molecule has 1 atom stereocenters. The number of rotatable bonds is 8. The lowest BCUT2D eigenvalue weighted by atomic mass is 10.2. The van der Waals surface area contributed by atoms with Gasteiger partial charge in [0.05, 0.1) is 10.8 Å². The van der Waals surface area contributed by atoms with E-state index in [9.17, 15) is 13.0 Å². The molecule has 0 aromatic heterocycles. The highest BCUT2D eigenvalue weighted by Gasteiger charge is 2.09. The van der Waals surface area contributed by atoms with E-state index in [1.807, 2.05) is 42.3 Å². The van der Waals surface area contributed by atoms with Crippen molar-refractivity contribution in [3.63, 3.8) is 0 Å². The van der Waals surface area contributed by atoms with E-state index in [4.69, 9.17) is 0 Å². The van der Waals surface area contributed by atoms with Crippen LogP contribution in [0.3, 0.4) is 0 Å². The van der Waals surface area contributed by atoms with Crippen LogP contribution in [0.1, 0.15) is 5.56 Å². The Labute approximate surface area is 160 Å². The number of aliphatic imine (C=N–C) groups is 1. The summed E-state index contributed by atoms with van der Waals surface area (Å²) in [6.07, 6.45) is 0. The first-order chi connectivity index (χ1) is 13.0. The number of alkyl halides is 2. The molecule has 0 saturated heterocycles. The molecule has 1 unspecified atom stereocenters. The zero-order valence-electron chi connectivity index (χ0n) is 15.3. The van der Waals surface area contributed by atoms with Gasteiger partial charge in [0.25, 0.3) is 0 Å². The lowest BCUT2D eigenvalue weighted by molar-refractivity contribution is -0.0498. The molecule has 5 nitrogen and oxygen atoms in total. The minimum Gasteiger partial charge on any atom is -0.435 e. The smallest absolute Gasteiger partial charge is 0.387 e. The molecule has 0 amide bonds. The molecule has 0 bridgehead atoms. The van der Waals surface area contributed by atoms with E-state index in [-0.39, 0.29) is 5.75 Å². The maximum absolute atomic E-state index is 12.2. The number of hydrogen-bond acceptors (Lipinski definition) is 3. The van der Waals surface area contributed by atoms with Gasteiger partial charge in [-0.2, -0.15) is 8.78 Å². The maximum Gasteiger partial charge on any atom is 0.387 e. The number of halogens is 2. The third-order valence-electron chi connectivity index (χ3n) is 3.72. The van der Waals surface area contributed by atoms with Gasteiger partial charge in [0.1, 0.15) is 5.75 Å². The highest BCUT2D eigenvalue weighted by Crippen LogP contribution is 2.15. The molecule has 2 rings (SSSR count). The molecular weight excluding hydrogens is 372 g/mol.